The summed E-state index contributed by atoms with van der Waals surface area (Å²) < 4.78 is 68.2. The third-order valence-corrected chi connectivity index (χ3v) is 13.4. The number of allylic oxidation sites excluding steroid dienone is 7. The Morgan fingerprint density at radius 1 is 0.889 bits per heavy atom. The Kier molecular flexibility index (Phi) is 13.2. The van der Waals surface area contributed by atoms with Gasteiger partial charge in [0, 0.05) is 63.9 Å². The van der Waals surface area contributed by atoms with E-state index in [2.05, 4.69) is 85.7 Å². The van der Waals surface area contributed by atoms with Crippen molar-refractivity contribution in [1.82, 2.24) is 0 Å². The van der Waals surface area contributed by atoms with Gasteiger partial charge >= 0.3 is 5.97 Å². The molecular weight excluding hydrogens is 745 g/mol. The van der Waals surface area contributed by atoms with Crippen LogP contribution in [0.2, 0.25) is 0 Å². The van der Waals surface area contributed by atoms with E-state index >= 15 is 0 Å². The van der Waals surface area contributed by atoms with Crippen molar-refractivity contribution in [2.45, 2.75) is 89.9 Å². The molecule has 292 valence electrons. The van der Waals surface area contributed by atoms with E-state index in [9.17, 15) is 35.8 Å². The van der Waals surface area contributed by atoms with Gasteiger partial charge in [-0.05, 0) is 81.2 Å². The lowest BCUT2D eigenvalue weighted by Crippen LogP contribution is -2.28. The van der Waals surface area contributed by atoms with Crippen molar-refractivity contribution in [3.63, 3.8) is 0 Å². The topological polar surface area (TPSA) is 155 Å². The first kappa shape index (κ1) is 41.7. The second-order valence-corrected chi connectivity index (χ2v) is 19.4. The number of hydrogen-bond donors (Lipinski definition) is 2. The molecule has 2 aromatic rings. The number of carboxylic acid groups (broad SMARTS) is 1. The predicted octanol–water partition coefficient (Wildman–Crippen LogP) is 7.87. The summed E-state index contributed by atoms with van der Waals surface area (Å²) in [5.41, 5.74) is 8.27. The second-order valence-electron chi connectivity index (χ2n) is 15.2. The molecule has 54 heavy (non-hydrogen) atoms. The lowest BCUT2D eigenvalue weighted by atomic mass is 9.81. The monoisotopic (exact) mass is 796 g/mol. The summed E-state index contributed by atoms with van der Waals surface area (Å²) in [6.07, 6.45) is 13.0. The van der Waals surface area contributed by atoms with E-state index in [-0.39, 0.29) is 35.2 Å². The first-order valence-corrected chi connectivity index (χ1v) is 22.7. The molecule has 2 aromatic carbocycles. The molecule has 0 amide bonds. The van der Waals surface area contributed by atoms with E-state index < -0.39 is 26.2 Å². The third-order valence-electron chi connectivity index (χ3n) is 10.6. The maximum atomic E-state index is 11.6. The van der Waals surface area contributed by atoms with Crippen LogP contribution in [0.4, 0.5) is 11.4 Å². The zero-order chi connectivity index (χ0) is 39.3. The molecular formula is C41H52N2O8S3. The van der Waals surface area contributed by atoms with Crippen LogP contribution in [0.25, 0.3) is 0 Å². The van der Waals surface area contributed by atoms with E-state index in [0.29, 0.717) is 38.1 Å². The number of rotatable bonds is 17. The molecule has 1 aliphatic carbocycles. The molecule has 10 nitrogen and oxygen atoms in total. The van der Waals surface area contributed by atoms with Crippen molar-refractivity contribution in [1.29, 1.82) is 0 Å². The Balaban J connectivity index is 1.52. The summed E-state index contributed by atoms with van der Waals surface area (Å²) >= 11 is 1.57. The molecule has 2 N–H and O–H groups in total. The Morgan fingerprint density at radius 2 is 1.57 bits per heavy atom. The smallest absolute Gasteiger partial charge is 0.304 e. The minimum Gasteiger partial charge on any atom is -0.748 e. The van der Waals surface area contributed by atoms with Gasteiger partial charge in [-0.2, -0.15) is 13.0 Å². The average molecular weight is 797 g/mol. The molecule has 0 saturated heterocycles. The van der Waals surface area contributed by atoms with Gasteiger partial charge in [0.05, 0.1) is 27.7 Å². The number of carbonyl (C=O) groups is 1. The third kappa shape index (κ3) is 10.0. The van der Waals surface area contributed by atoms with Gasteiger partial charge in [0.1, 0.15) is 6.54 Å². The van der Waals surface area contributed by atoms with Crippen LogP contribution in [0.1, 0.15) is 90.2 Å². The number of aliphatic carboxylic acids is 1. The summed E-state index contributed by atoms with van der Waals surface area (Å²) in [7, 11) is -8.32. The molecule has 0 aromatic heterocycles. The lowest BCUT2D eigenvalue weighted by Gasteiger charge is -2.27. The van der Waals surface area contributed by atoms with Crippen molar-refractivity contribution in [2.24, 2.45) is 0 Å². The van der Waals surface area contributed by atoms with Crippen LogP contribution in [-0.2, 0) is 35.9 Å². The highest BCUT2D eigenvalue weighted by Crippen LogP contribution is 2.48. The molecule has 0 atom stereocenters. The quantitative estimate of drug-likeness (QED) is 0.0918. The zero-order valence-corrected chi connectivity index (χ0v) is 34.0. The number of benzene rings is 2. The zero-order valence-electron chi connectivity index (χ0n) is 31.6. The number of carboxylic acids is 1. The van der Waals surface area contributed by atoms with Gasteiger partial charge in [0.2, 0.25) is 5.69 Å². The van der Waals surface area contributed by atoms with Crippen LogP contribution in [0, 0.1) is 0 Å². The van der Waals surface area contributed by atoms with Gasteiger partial charge in [0.15, 0.2) is 5.71 Å². The van der Waals surface area contributed by atoms with E-state index in [0.717, 1.165) is 58.1 Å². The van der Waals surface area contributed by atoms with Crippen LogP contribution in [0.5, 0.6) is 0 Å². The molecule has 0 bridgehead atoms. The molecule has 2 heterocycles. The minimum absolute atomic E-state index is 0.0335. The van der Waals surface area contributed by atoms with Crippen LogP contribution < -0.4 is 4.90 Å². The van der Waals surface area contributed by atoms with Gasteiger partial charge < -0.3 is 14.6 Å². The number of nitrogens with zero attached hydrogens (tertiary/aromatic N) is 2. The summed E-state index contributed by atoms with van der Waals surface area (Å²) in [6, 6.07) is 16.4. The van der Waals surface area contributed by atoms with Gasteiger partial charge in [-0.1, -0.05) is 62.4 Å². The van der Waals surface area contributed by atoms with Crippen LogP contribution in [-0.4, -0.2) is 77.7 Å². The van der Waals surface area contributed by atoms with Gasteiger partial charge in [-0.25, -0.2) is 8.42 Å². The SMILES string of the molecule is CC1(C)C(/C=C/C2=C(SCCC(=O)O)C(=C/C=C3/N(CCCCS(=O)(=O)[O-])c4ccccc4C3(C)C)/CCC2)=[N+](CCCCS(=O)(=O)O)c2ccccc21. The van der Waals surface area contributed by atoms with Gasteiger partial charge in [0.25, 0.3) is 10.1 Å². The summed E-state index contributed by atoms with van der Waals surface area (Å²) in [5, 5.41) is 9.50. The fourth-order valence-corrected chi connectivity index (χ4v) is 10.2. The summed E-state index contributed by atoms with van der Waals surface area (Å²) in [4.78, 5) is 14.9. The fourth-order valence-electron chi connectivity index (χ4n) is 7.87. The highest BCUT2D eigenvalue weighted by molar-refractivity contribution is 8.03. The number of hydrogen-bond acceptors (Lipinski definition) is 8. The minimum atomic E-state index is -4.29. The molecule has 0 radical (unpaired) electrons. The first-order chi connectivity index (χ1) is 25.4. The number of fused-ring (bicyclic) bond motifs is 2. The normalized spacial score (nSPS) is 19.7. The Morgan fingerprint density at radius 3 is 2.28 bits per heavy atom. The van der Waals surface area contributed by atoms with Crippen molar-refractivity contribution in [3.05, 3.63) is 106 Å². The van der Waals surface area contributed by atoms with Crippen LogP contribution >= 0.6 is 11.8 Å². The van der Waals surface area contributed by atoms with Crippen molar-refractivity contribution < 1.29 is 40.4 Å². The number of anilines is 1. The van der Waals surface area contributed by atoms with Crippen molar-refractivity contribution in [3.8, 4) is 0 Å². The molecule has 13 heteroatoms. The average Bonchev–Trinajstić information content (AvgIpc) is 3.44. The molecule has 0 unspecified atom stereocenters. The van der Waals surface area contributed by atoms with Gasteiger partial charge in [-0.15, -0.1) is 11.8 Å². The predicted molar refractivity (Wildman–Crippen MR) is 216 cm³/mol. The van der Waals surface area contributed by atoms with Crippen molar-refractivity contribution in [2.75, 3.05) is 35.2 Å². The number of para-hydroxylation sites is 2. The largest absolute Gasteiger partial charge is 0.748 e. The maximum Gasteiger partial charge on any atom is 0.304 e. The van der Waals surface area contributed by atoms with E-state index in [1.165, 1.54) is 11.1 Å². The van der Waals surface area contributed by atoms with E-state index in [1.54, 1.807) is 11.8 Å². The standard InChI is InChI=1S/C41H52N2O8S3/c1-40(2)32-16-5-7-18-34(32)42(25-9-11-28-53(46,47)48)36(40)22-20-30-14-13-15-31(39(30)52-27-24-38(44)45)21-23-37-41(3,4)33-17-6-8-19-35(33)43(37)26-10-12-29-54(49,50)51/h5-8,16-23H,9-15,24-29H2,1-4H3,(H2-,44,45,46,47,48,49,50,51). The molecule has 3 aliphatic rings. The molecule has 0 fully saturated rings. The van der Waals surface area contributed by atoms with Crippen LogP contribution in [0.15, 0.2) is 94.6 Å². The highest BCUT2D eigenvalue weighted by Gasteiger charge is 2.44. The molecule has 0 spiro atoms. The summed E-state index contributed by atoms with van der Waals surface area (Å²) in [5.74, 6) is -1.09. The maximum absolute atomic E-state index is 11.6. The fraction of sp³-hybridized carbons (Fsp3) is 0.463. The van der Waals surface area contributed by atoms with Gasteiger partial charge in [-0.3, -0.25) is 9.35 Å². The number of unbranched alkanes of at least 4 members (excludes halogenated alkanes) is 2. The molecule has 2 aliphatic heterocycles. The van der Waals surface area contributed by atoms with Crippen molar-refractivity contribution >= 4 is 55.1 Å². The molecule has 5 rings (SSSR count). The highest BCUT2D eigenvalue weighted by atomic mass is 32.2. The second kappa shape index (κ2) is 17.1. The Labute approximate surface area is 324 Å². The Hall–Kier alpha value is -3.49. The summed E-state index contributed by atoms with van der Waals surface area (Å²) in [6.45, 7) is 9.89. The van der Waals surface area contributed by atoms with E-state index in [1.807, 2.05) is 24.3 Å². The lowest BCUT2D eigenvalue weighted by molar-refractivity contribution is -0.438. The van der Waals surface area contributed by atoms with Crippen LogP contribution in [0.3, 0.4) is 0 Å². The Bertz CT molecular complexity index is 2130. The molecule has 0 saturated carbocycles. The number of thioether (sulfide) groups is 1. The van der Waals surface area contributed by atoms with E-state index in [4.69, 9.17) is 0 Å². The first-order valence-electron chi connectivity index (χ1n) is 18.6.